The van der Waals surface area contributed by atoms with Crippen LogP contribution in [0.5, 0.6) is 5.75 Å². The van der Waals surface area contributed by atoms with Crippen molar-refractivity contribution in [2.75, 3.05) is 6.61 Å². The molecule has 0 aliphatic heterocycles. The van der Waals surface area contributed by atoms with E-state index in [2.05, 4.69) is 20.5 Å². The monoisotopic (exact) mass is 370 g/mol. The molecule has 2 aromatic rings. The van der Waals surface area contributed by atoms with Crippen molar-refractivity contribution < 1.29 is 9.53 Å². The first kappa shape index (κ1) is 19.1. The molecule has 1 atom stereocenters. The van der Waals surface area contributed by atoms with E-state index in [9.17, 15) is 9.59 Å². The van der Waals surface area contributed by atoms with E-state index in [1.54, 1.807) is 0 Å². The van der Waals surface area contributed by atoms with Crippen molar-refractivity contribution in [1.82, 2.24) is 20.5 Å². The molecule has 0 spiro atoms. The number of ether oxygens (including phenoxy) is 1. The number of nitrogens with one attached hydrogen (secondary N) is 2. The number of aromatic nitrogens is 3. The fourth-order valence-electron chi connectivity index (χ4n) is 2.57. The third-order valence-electron chi connectivity index (χ3n) is 4.66. The minimum absolute atomic E-state index is 0.0878. The first-order valence-electron chi connectivity index (χ1n) is 9.53. The van der Waals surface area contributed by atoms with Gasteiger partial charge >= 0.3 is 0 Å². The quantitative estimate of drug-likeness (QED) is 0.707. The third kappa shape index (κ3) is 5.64. The van der Waals surface area contributed by atoms with E-state index in [4.69, 9.17) is 4.74 Å². The van der Waals surface area contributed by atoms with Crippen molar-refractivity contribution in [3.05, 3.63) is 40.3 Å². The van der Waals surface area contributed by atoms with E-state index in [-0.39, 0.29) is 36.0 Å². The van der Waals surface area contributed by atoms with Crippen molar-refractivity contribution in [3.63, 3.8) is 0 Å². The van der Waals surface area contributed by atoms with Gasteiger partial charge in [-0.05, 0) is 44.2 Å². The Morgan fingerprint density at radius 2 is 2.19 bits per heavy atom. The molecule has 7 heteroatoms. The van der Waals surface area contributed by atoms with Crippen LogP contribution >= 0.6 is 0 Å². The molecule has 0 saturated heterocycles. The van der Waals surface area contributed by atoms with Gasteiger partial charge in [0.2, 0.25) is 5.91 Å². The first-order valence-corrected chi connectivity index (χ1v) is 9.53. The number of rotatable bonds is 9. The highest BCUT2D eigenvalue weighted by atomic mass is 16.5. The summed E-state index contributed by atoms with van der Waals surface area (Å²) in [5, 5.41) is 11.0. The molecule has 1 amide bonds. The number of benzene rings is 1. The predicted molar refractivity (Wildman–Crippen MR) is 103 cm³/mol. The number of amides is 1. The van der Waals surface area contributed by atoms with Gasteiger partial charge in [-0.1, -0.05) is 19.1 Å². The zero-order chi connectivity index (χ0) is 19.2. The van der Waals surface area contributed by atoms with Crippen LogP contribution in [0.25, 0.3) is 11.4 Å². The van der Waals surface area contributed by atoms with Crippen LogP contribution in [-0.2, 0) is 11.2 Å². The van der Waals surface area contributed by atoms with Crippen LogP contribution in [0.15, 0.2) is 29.1 Å². The van der Waals surface area contributed by atoms with Crippen molar-refractivity contribution >= 4 is 5.91 Å². The summed E-state index contributed by atoms with van der Waals surface area (Å²) in [7, 11) is 0. The van der Waals surface area contributed by atoms with E-state index < -0.39 is 0 Å². The van der Waals surface area contributed by atoms with Crippen LogP contribution in [0.1, 0.15) is 45.2 Å². The smallest absolute Gasteiger partial charge is 0.273 e. The van der Waals surface area contributed by atoms with Gasteiger partial charge in [0, 0.05) is 24.4 Å². The van der Waals surface area contributed by atoms with Crippen LogP contribution in [0.4, 0.5) is 0 Å². The Kier molecular flexibility index (Phi) is 6.21. The van der Waals surface area contributed by atoms with Gasteiger partial charge in [0.1, 0.15) is 11.4 Å². The molecule has 1 aromatic heterocycles. The lowest BCUT2D eigenvalue weighted by molar-refractivity contribution is -0.121. The lowest BCUT2D eigenvalue weighted by Crippen LogP contribution is -2.32. The van der Waals surface area contributed by atoms with E-state index in [1.807, 2.05) is 38.1 Å². The zero-order valence-electron chi connectivity index (χ0n) is 15.8. The summed E-state index contributed by atoms with van der Waals surface area (Å²) in [6.45, 7) is 4.68. The maximum Gasteiger partial charge on any atom is 0.273 e. The number of H-pyrrole nitrogens is 1. The molecule has 1 saturated carbocycles. The van der Waals surface area contributed by atoms with Crippen LogP contribution in [0.2, 0.25) is 0 Å². The highest BCUT2D eigenvalue weighted by Gasteiger charge is 2.22. The van der Waals surface area contributed by atoms with Crippen molar-refractivity contribution in [3.8, 4) is 17.1 Å². The Morgan fingerprint density at radius 1 is 1.37 bits per heavy atom. The molecule has 1 aliphatic rings. The Labute approximate surface area is 158 Å². The molecule has 144 valence electrons. The predicted octanol–water partition coefficient (Wildman–Crippen LogP) is 2.47. The van der Waals surface area contributed by atoms with Gasteiger partial charge in [0.05, 0.1) is 6.61 Å². The second-order valence-corrected chi connectivity index (χ2v) is 7.11. The van der Waals surface area contributed by atoms with Crippen molar-refractivity contribution in [2.24, 2.45) is 5.92 Å². The van der Waals surface area contributed by atoms with Crippen LogP contribution in [0, 0.1) is 5.92 Å². The highest BCUT2D eigenvalue weighted by molar-refractivity contribution is 5.76. The molecule has 0 bridgehead atoms. The fraction of sp³-hybridized carbons (Fsp3) is 0.500. The molecular formula is C20H26N4O3. The van der Waals surface area contributed by atoms with E-state index in [0.717, 1.165) is 24.3 Å². The van der Waals surface area contributed by atoms with E-state index in [1.165, 1.54) is 12.8 Å². The lowest BCUT2D eigenvalue weighted by Gasteiger charge is -2.10. The number of aromatic amines is 1. The highest BCUT2D eigenvalue weighted by Crippen LogP contribution is 2.30. The summed E-state index contributed by atoms with van der Waals surface area (Å²) < 4.78 is 5.77. The standard InChI is InChI=1S/C20H26N4O3/c1-3-13(2)21-18(25)10-9-17-20(26)22-19(24-23-17)15-5-4-6-16(11-15)27-12-14-7-8-14/h4-6,11,13-14H,3,7-10,12H2,1-2H3,(H,21,25)(H,22,24,26). The van der Waals surface area contributed by atoms with Crippen molar-refractivity contribution in [2.45, 2.75) is 52.0 Å². The van der Waals surface area contributed by atoms with Gasteiger partial charge < -0.3 is 15.0 Å². The van der Waals surface area contributed by atoms with Gasteiger partial charge in [-0.15, -0.1) is 10.2 Å². The number of hydrogen-bond donors (Lipinski definition) is 2. The van der Waals surface area contributed by atoms with Crippen LogP contribution < -0.4 is 15.6 Å². The van der Waals surface area contributed by atoms with Crippen LogP contribution in [0.3, 0.4) is 0 Å². The van der Waals surface area contributed by atoms with E-state index >= 15 is 0 Å². The van der Waals surface area contributed by atoms with Gasteiger partial charge in [0.25, 0.3) is 5.56 Å². The molecule has 0 radical (unpaired) electrons. The molecule has 2 N–H and O–H groups in total. The normalized spacial score (nSPS) is 14.6. The summed E-state index contributed by atoms with van der Waals surface area (Å²) in [4.78, 5) is 26.9. The topological polar surface area (TPSA) is 97.0 Å². The maximum atomic E-state index is 12.3. The molecule has 1 aromatic carbocycles. The molecule has 1 fully saturated rings. The Balaban J connectivity index is 1.63. The minimum atomic E-state index is -0.319. The molecule has 27 heavy (non-hydrogen) atoms. The first-order chi connectivity index (χ1) is 13.0. The lowest BCUT2D eigenvalue weighted by atomic mass is 10.2. The Hall–Kier alpha value is -2.70. The number of carbonyl (C=O) groups is 1. The zero-order valence-corrected chi connectivity index (χ0v) is 15.8. The summed E-state index contributed by atoms with van der Waals surface area (Å²) in [5.41, 5.74) is 0.689. The molecule has 7 nitrogen and oxygen atoms in total. The Morgan fingerprint density at radius 3 is 2.89 bits per heavy atom. The molecular weight excluding hydrogens is 344 g/mol. The molecule has 1 aliphatic carbocycles. The number of aryl methyl sites for hydroxylation is 1. The second kappa shape index (κ2) is 8.79. The van der Waals surface area contributed by atoms with Crippen molar-refractivity contribution in [1.29, 1.82) is 0 Å². The average Bonchev–Trinajstić information content (AvgIpc) is 3.50. The number of hydrogen-bond acceptors (Lipinski definition) is 5. The SMILES string of the molecule is CCC(C)NC(=O)CCc1nnc(-c2cccc(OCC3CC3)c2)[nH]c1=O. The maximum absolute atomic E-state index is 12.3. The van der Waals surface area contributed by atoms with Gasteiger partial charge in [-0.25, -0.2) is 0 Å². The summed E-state index contributed by atoms with van der Waals surface area (Å²) in [6.07, 6.45) is 3.80. The van der Waals surface area contributed by atoms with Gasteiger partial charge in [-0.2, -0.15) is 0 Å². The number of nitrogens with zero attached hydrogens (tertiary/aromatic N) is 2. The van der Waals surface area contributed by atoms with Gasteiger partial charge in [-0.3, -0.25) is 9.59 Å². The number of carbonyl (C=O) groups excluding carboxylic acids is 1. The molecule has 1 unspecified atom stereocenters. The second-order valence-electron chi connectivity index (χ2n) is 7.11. The minimum Gasteiger partial charge on any atom is -0.493 e. The summed E-state index contributed by atoms with van der Waals surface area (Å²) in [6, 6.07) is 7.58. The molecule has 3 rings (SSSR count). The average molecular weight is 370 g/mol. The Bertz CT molecular complexity index is 845. The summed E-state index contributed by atoms with van der Waals surface area (Å²) >= 11 is 0. The third-order valence-corrected chi connectivity index (χ3v) is 4.66. The fourth-order valence-corrected chi connectivity index (χ4v) is 2.57. The summed E-state index contributed by atoms with van der Waals surface area (Å²) in [5.74, 6) is 1.73. The van der Waals surface area contributed by atoms with Crippen LogP contribution in [-0.4, -0.2) is 33.7 Å². The van der Waals surface area contributed by atoms with Gasteiger partial charge in [0.15, 0.2) is 5.82 Å². The largest absolute Gasteiger partial charge is 0.493 e. The molecule has 1 heterocycles. The van der Waals surface area contributed by atoms with E-state index in [0.29, 0.717) is 11.7 Å².